The fourth-order valence-electron chi connectivity index (χ4n) is 2.70. The highest BCUT2D eigenvalue weighted by atomic mass is 16.5. The Hall–Kier alpha value is -2.55. The molecule has 0 radical (unpaired) electrons. The molecule has 112 valence electrons. The number of benzene rings is 2. The largest absolute Gasteiger partial charge is 0.497 e. The van der Waals surface area contributed by atoms with Gasteiger partial charge in [0.25, 0.3) is 0 Å². The van der Waals surface area contributed by atoms with E-state index in [0.29, 0.717) is 0 Å². The smallest absolute Gasteiger partial charge is 0.192 e. The molecule has 0 aliphatic carbocycles. The lowest BCUT2D eigenvalue weighted by Gasteiger charge is -2.09. The van der Waals surface area contributed by atoms with Crippen molar-refractivity contribution in [3.63, 3.8) is 0 Å². The van der Waals surface area contributed by atoms with Crippen molar-refractivity contribution in [2.45, 2.75) is 19.8 Å². The predicted octanol–water partition coefficient (Wildman–Crippen LogP) is 3.63. The van der Waals surface area contributed by atoms with E-state index in [1.807, 2.05) is 43.3 Å². The third-order valence-corrected chi connectivity index (χ3v) is 4.07. The molecule has 1 heterocycles. The first kappa shape index (κ1) is 14.4. The van der Waals surface area contributed by atoms with Gasteiger partial charge in [-0.15, -0.1) is 0 Å². The summed E-state index contributed by atoms with van der Waals surface area (Å²) in [4.78, 5) is 15.8. The van der Waals surface area contributed by atoms with Gasteiger partial charge in [-0.3, -0.25) is 4.79 Å². The molecule has 3 rings (SSSR count). The van der Waals surface area contributed by atoms with Crippen LogP contribution < -0.4 is 10.2 Å². The number of H-pyrrole nitrogens is 1. The number of aromatic amines is 1. The second-order valence-electron chi connectivity index (χ2n) is 5.45. The van der Waals surface area contributed by atoms with Crippen molar-refractivity contribution in [3.05, 3.63) is 75.6 Å². The fraction of sp³-hybridized carbons (Fsp3) is 0.211. The van der Waals surface area contributed by atoms with Gasteiger partial charge in [0.1, 0.15) is 5.75 Å². The van der Waals surface area contributed by atoms with Gasteiger partial charge in [0.15, 0.2) is 5.43 Å². The molecule has 1 N–H and O–H groups in total. The number of aromatic nitrogens is 1. The van der Waals surface area contributed by atoms with Crippen LogP contribution in [0.1, 0.15) is 16.8 Å². The maximum absolute atomic E-state index is 12.4. The number of rotatable bonds is 4. The van der Waals surface area contributed by atoms with Gasteiger partial charge in [-0.05, 0) is 49.6 Å². The van der Waals surface area contributed by atoms with E-state index >= 15 is 0 Å². The second-order valence-corrected chi connectivity index (χ2v) is 5.45. The minimum absolute atomic E-state index is 0.124. The maximum Gasteiger partial charge on any atom is 0.192 e. The van der Waals surface area contributed by atoms with Crippen molar-refractivity contribution in [2.24, 2.45) is 0 Å². The molecule has 0 aliphatic rings. The van der Waals surface area contributed by atoms with Gasteiger partial charge in [0.2, 0.25) is 0 Å². The Bertz CT molecular complexity index is 847. The Morgan fingerprint density at radius 2 is 1.73 bits per heavy atom. The summed E-state index contributed by atoms with van der Waals surface area (Å²) in [5, 5.41) is 0.758. The molecule has 0 saturated heterocycles. The normalized spacial score (nSPS) is 10.8. The highest BCUT2D eigenvalue weighted by molar-refractivity contribution is 5.79. The average Bonchev–Trinajstić information content (AvgIpc) is 2.57. The lowest BCUT2D eigenvalue weighted by Crippen LogP contribution is -2.12. The summed E-state index contributed by atoms with van der Waals surface area (Å²) in [6.07, 6.45) is 1.71. The minimum Gasteiger partial charge on any atom is -0.497 e. The summed E-state index contributed by atoms with van der Waals surface area (Å²) in [7, 11) is 1.66. The van der Waals surface area contributed by atoms with Crippen molar-refractivity contribution >= 4 is 10.9 Å². The number of ether oxygens (including phenoxy) is 1. The van der Waals surface area contributed by atoms with Gasteiger partial charge >= 0.3 is 0 Å². The third kappa shape index (κ3) is 2.75. The number of pyridine rings is 1. The number of methoxy groups -OCH3 is 1. The molecule has 0 amide bonds. The zero-order valence-electron chi connectivity index (χ0n) is 12.8. The van der Waals surface area contributed by atoms with E-state index in [-0.39, 0.29) is 5.43 Å². The van der Waals surface area contributed by atoms with Crippen LogP contribution in [-0.2, 0) is 12.8 Å². The van der Waals surface area contributed by atoms with Crippen LogP contribution in [0.5, 0.6) is 5.75 Å². The van der Waals surface area contributed by atoms with Gasteiger partial charge in [-0.25, -0.2) is 0 Å². The monoisotopic (exact) mass is 293 g/mol. The highest BCUT2D eigenvalue weighted by Gasteiger charge is 2.08. The molecule has 1 aromatic heterocycles. The summed E-state index contributed by atoms with van der Waals surface area (Å²) in [6.45, 7) is 1.90. The lowest BCUT2D eigenvalue weighted by molar-refractivity contribution is 0.414. The van der Waals surface area contributed by atoms with Crippen LogP contribution in [0.25, 0.3) is 10.9 Å². The molecule has 3 heteroatoms. The zero-order valence-corrected chi connectivity index (χ0v) is 12.8. The Labute approximate surface area is 129 Å². The minimum atomic E-state index is 0.124. The van der Waals surface area contributed by atoms with E-state index in [0.717, 1.165) is 40.8 Å². The SMILES string of the molecule is COc1ccc(CCc2[nH]c3ccccc3c(=O)c2C)cc1. The van der Waals surface area contributed by atoms with E-state index in [2.05, 4.69) is 17.1 Å². The Kier molecular flexibility index (Phi) is 3.96. The van der Waals surface area contributed by atoms with Crippen molar-refractivity contribution in [3.8, 4) is 5.75 Å². The Morgan fingerprint density at radius 3 is 2.45 bits per heavy atom. The van der Waals surface area contributed by atoms with Crippen molar-refractivity contribution in [1.82, 2.24) is 4.98 Å². The lowest BCUT2D eigenvalue weighted by atomic mass is 10.0. The standard InChI is InChI=1S/C19H19NO2/c1-13-17(12-9-14-7-10-15(22-2)11-8-14)20-18-6-4-3-5-16(18)19(13)21/h3-8,10-11H,9,12H2,1-2H3,(H,20,21). The average molecular weight is 293 g/mol. The molecular weight excluding hydrogens is 274 g/mol. The molecule has 0 spiro atoms. The van der Waals surface area contributed by atoms with E-state index < -0.39 is 0 Å². The fourth-order valence-corrected chi connectivity index (χ4v) is 2.70. The highest BCUT2D eigenvalue weighted by Crippen LogP contribution is 2.15. The van der Waals surface area contributed by atoms with Crippen LogP contribution in [0.4, 0.5) is 0 Å². The molecule has 2 aromatic carbocycles. The van der Waals surface area contributed by atoms with Crippen LogP contribution in [0, 0.1) is 6.92 Å². The number of nitrogens with one attached hydrogen (secondary N) is 1. The van der Waals surface area contributed by atoms with E-state index in [1.54, 1.807) is 7.11 Å². The summed E-state index contributed by atoms with van der Waals surface area (Å²) in [5.41, 5.74) is 4.09. The van der Waals surface area contributed by atoms with Gasteiger partial charge in [0, 0.05) is 22.2 Å². The summed E-state index contributed by atoms with van der Waals surface area (Å²) in [6, 6.07) is 15.7. The second kappa shape index (κ2) is 6.06. The summed E-state index contributed by atoms with van der Waals surface area (Å²) in [5.74, 6) is 0.860. The molecule has 0 atom stereocenters. The molecule has 22 heavy (non-hydrogen) atoms. The van der Waals surface area contributed by atoms with E-state index in [9.17, 15) is 4.79 Å². The van der Waals surface area contributed by atoms with E-state index in [4.69, 9.17) is 4.74 Å². The summed E-state index contributed by atoms with van der Waals surface area (Å²) >= 11 is 0. The van der Waals surface area contributed by atoms with Gasteiger partial charge in [-0.2, -0.15) is 0 Å². The number of fused-ring (bicyclic) bond motifs is 1. The maximum atomic E-state index is 12.4. The topological polar surface area (TPSA) is 42.1 Å². The molecule has 0 unspecified atom stereocenters. The number of para-hydroxylation sites is 1. The van der Waals surface area contributed by atoms with Crippen molar-refractivity contribution in [1.29, 1.82) is 0 Å². The van der Waals surface area contributed by atoms with Gasteiger partial charge in [-0.1, -0.05) is 24.3 Å². The van der Waals surface area contributed by atoms with Crippen LogP contribution >= 0.6 is 0 Å². The van der Waals surface area contributed by atoms with Crippen molar-refractivity contribution in [2.75, 3.05) is 7.11 Å². The molecule has 0 fully saturated rings. The summed E-state index contributed by atoms with van der Waals surface area (Å²) < 4.78 is 5.17. The Morgan fingerprint density at radius 1 is 1.00 bits per heavy atom. The molecular formula is C19H19NO2. The third-order valence-electron chi connectivity index (χ3n) is 4.07. The number of hydrogen-bond donors (Lipinski definition) is 1. The predicted molar refractivity (Wildman–Crippen MR) is 89.7 cm³/mol. The Balaban J connectivity index is 1.87. The molecule has 3 aromatic rings. The zero-order chi connectivity index (χ0) is 15.5. The first-order valence-corrected chi connectivity index (χ1v) is 7.42. The number of hydrogen-bond acceptors (Lipinski definition) is 2. The molecule has 3 nitrogen and oxygen atoms in total. The molecule has 0 aliphatic heterocycles. The van der Waals surface area contributed by atoms with Gasteiger partial charge < -0.3 is 9.72 Å². The number of aryl methyl sites for hydroxylation is 2. The quantitative estimate of drug-likeness (QED) is 0.798. The first-order valence-electron chi connectivity index (χ1n) is 7.42. The van der Waals surface area contributed by atoms with Crippen LogP contribution in [0.2, 0.25) is 0 Å². The first-order chi connectivity index (χ1) is 10.7. The molecule has 0 bridgehead atoms. The van der Waals surface area contributed by atoms with Crippen LogP contribution in [0.15, 0.2) is 53.3 Å². The van der Waals surface area contributed by atoms with Crippen LogP contribution in [-0.4, -0.2) is 12.1 Å². The van der Waals surface area contributed by atoms with Gasteiger partial charge in [0.05, 0.1) is 7.11 Å². The van der Waals surface area contributed by atoms with Crippen LogP contribution in [0.3, 0.4) is 0 Å². The van der Waals surface area contributed by atoms with Crippen molar-refractivity contribution < 1.29 is 4.74 Å². The molecule has 0 saturated carbocycles. The van der Waals surface area contributed by atoms with E-state index in [1.165, 1.54) is 5.56 Å².